The minimum atomic E-state index is -0.464. The normalized spacial score (nSPS) is 16.2. The molecule has 1 aliphatic carbocycles. The SMILES string of the molecule is Cn1cc(C(=O)OC(C)(C)C)nc1C1CC1. The first kappa shape index (κ1) is 11.2. The molecule has 0 unspecified atom stereocenters. The van der Waals surface area contributed by atoms with E-state index >= 15 is 0 Å². The Labute approximate surface area is 95.6 Å². The van der Waals surface area contributed by atoms with Crippen LogP contribution in [0.3, 0.4) is 0 Å². The van der Waals surface area contributed by atoms with E-state index in [1.165, 1.54) is 12.8 Å². The lowest BCUT2D eigenvalue weighted by molar-refractivity contribution is 0.00632. The van der Waals surface area contributed by atoms with Gasteiger partial charge in [0.25, 0.3) is 0 Å². The summed E-state index contributed by atoms with van der Waals surface area (Å²) in [5.74, 6) is 1.21. The molecule has 2 rings (SSSR count). The minimum absolute atomic E-state index is 0.338. The number of aryl methyl sites for hydroxylation is 1. The zero-order valence-corrected chi connectivity index (χ0v) is 10.3. The van der Waals surface area contributed by atoms with Gasteiger partial charge in [0.1, 0.15) is 11.4 Å². The minimum Gasteiger partial charge on any atom is -0.455 e. The summed E-state index contributed by atoms with van der Waals surface area (Å²) in [7, 11) is 1.93. The Kier molecular flexibility index (Phi) is 2.52. The molecule has 4 nitrogen and oxygen atoms in total. The number of ether oxygens (including phenoxy) is 1. The average molecular weight is 222 g/mol. The first-order chi connectivity index (χ1) is 7.37. The summed E-state index contributed by atoms with van der Waals surface area (Å²) in [5.41, 5.74) is -0.0479. The van der Waals surface area contributed by atoms with Gasteiger partial charge in [-0.1, -0.05) is 0 Å². The van der Waals surface area contributed by atoms with E-state index in [4.69, 9.17) is 4.74 Å². The largest absolute Gasteiger partial charge is 0.455 e. The van der Waals surface area contributed by atoms with E-state index in [0.717, 1.165) is 5.82 Å². The number of rotatable bonds is 2. The molecular formula is C12H18N2O2. The summed E-state index contributed by atoms with van der Waals surface area (Å²) in [5, 5.41) is 0. The van der Waals surface area contributed by atoms with Crippen LogP contribution in [0.2, 0.25) is 0 Å². The standard InChI is InChI=1S/C12H18N2O2/c1-12(2,3)16-11(15)9-7-14(4)10(13-9)8-5-6-8/h7-8H,5-6H2,1-4H3. The number of esters is 1. The lowest BCUT2D eigenvalue weighted by Crippen LogP contribution is -2.24. The summed E-state index contributed by atoms with van der Waals surface area (Å²) in [4.78, 5) is 16.1. The highest BCUT2D eigenvalue weighted by Gasteiger charge is 2.30. The number of hydrogen-bond acceptors (Lipinski definition) is 3. The fourth-order valence-corrected chi connectivity index (χ4v) is 1.63. The van der Waals surface area contributed by atoms with E-state index < -0.39 is 5.60 Å². The van der Waals surface area contributed by atoms with Crippen LogP contribution in [0.1, 0.15) is 55.8 Å². The van der Waals surface area contributed by atoms with Crippen LogP contribution in [0.5, 0.6) is 0 Å². The van der Waals surface area contributed by atoms with Gasteiger partial charge in [-0.2, -0.15) is 0 Å². The maximum atomic E-state index is 11.8. The third kappa shape index (κ3) is 2.43. The second-order valence-corrected chi connectivity index (χ2v) is 5.37. The Morgan fingerprint density at radius 2 is 2.12 bits per heavy atom. The molecule has 1 aromatic heterocycles. The zero-order valence-electron chi connectivity index (χ0n) is 10.3. The molecule has 0 spiro atoms. The summed E-state index contributed by atoms with van der Waals surface area (Å²) in [6, 6.07) is 0. The quantitative estimate of drug-likeness (QED) is 0.721. The van der Waals surface area contributed by atoms with E-state index in [0.29, 0.717) is 11.6 Å². The molecule has 1 aromatic rings. The summed E-state index contributed by atoms with van der Waals surface area (Å²) in [6.45, 7) is 5.57. The molecule has 0 amide bonds. The third-order valence-electron chi connectivity index (χ3n) is 2.46. The molecule has 0 radical (unpaired) electrons. The van der Waals surface area contributed by atoms with Crippen molar-refractivity contribution in [3.05, 3.63) is 17.7 Å². The van der Waals surface area contributed by atoms with E-state index in [9.17, 15) is 4.79 Å². The molecule has 0 bridgehead atoms. The van der Waals surface area contributed by atoms with E-state index in [1.807, 2.05) is 32.4 Å². The van der Waals surface area contributed by atoms with Crippen molar-refractivity contribution in [2.75, 3.05) is 0 Å². The van der Waals surface area contributed by atoms with Crippen molar-refractivity contribution >= 4 is 5.97 Å². The molecule has 16 heavy (non-hydrogen) atoms. The smallest absolute Gasteiger partial charge is 0.359 e. The topological polar surface area (TPSA) is 44.1 Å². The molecule has 0 aromatic carbocycles. The second-order valence-electron chi connectivity index (χ2n) is 5.37. The Hall–Kier alpha value is -1.32. The Morgan fingerprint density at radius 3 is 2.62 bits per heavy atom. The molecule has 1 fully saturated rings. The number of aromatic nitrogens is 2. The Morgan fingerprint density at radius 1 is 1.50 bits per heavy atom. The van der Waals surface area contributed by atoms with Gasteiger partial charge in [0.05, 0.1) is 0 Å². The van der Waals surface area contributed by atoms with E-state index in [1.54, 1.807) is 6.20 Å². The monoisotopic (exact) mass is 222 g/mol. The molecule has 88 valence electrons. The molecule has 0 atom stereocenters. The van der Waals surface area contributed by atoms with Gasteiger partial charge in [-0.3, -0.25) is 0 Å². The number of hydrogen-bond donors (Lipinski definition) is 0. The fraction of sp³-hybridized carbons (Fsp3) is 0.667. The number of nitrogens with zero attached hydrogens (tertiary/aromatic N) is 2. The van der Waals surface area contributed by atoms with Crippen molar-refractivity contribution in [2.45, 2.75) is 45.1 Å². The van der Waals surface area contributed by atoms with Crippen molar-refractivity contribution in [2.24, 2.45) is 7.05 Å². The van der Waals surface area contributed by atoms with Crippen LogP contribution in [0.4, 0.5) is 0 Å². The first-order valence-electron chi connectivity index (χ1n) is 5.63. The van der Waals surface area contributed by atoms with Crippen molar-refractivity contribution in [3.8, 4) is 0 Å². The van der Waals surface area contributed by atoms with Gasteiger partial charge in [-0.25, -0.2) is 9.78 Å². The van der Waals surface area contributed by atoms with Crippen molar-refractivity contribution in [1.82, 2.24) is 9.55 Å². The Balaban J connectivity index is 2.14. The predicted molar refractivity (Wildman–Crippen MR) is 60.4 cm³/mol. The number of carbonyl (C=O) groups excluding carboxylic acids is 1. The van der Waals surface area contributed by atoms with Gasteiger partial charge in [0, 0.05) is 19.2 Å². The van der Waals surface area contributed by atoms with Crippen LogP contribution in [-0.2, 0) is 11.8 Å². The van der Waals surface area contributed by atoms with Gasteiger partial charge in [-0.15, -0.1) is 0 Å². The van der Waals surface area contributed by atoms with Crippen LogP contribution >= 0.6 is 0 Å². The van der Waals surface area contributed by atoms with Gasteiger partial charge in [0.15, 0.2) is 5.69 Å². The maximum Gasteiger partial charge on any atom is 0.359 e. The Bertz CT molecular complexity index is 411. The predicted octanol–water partition coefficient (Wildman–Crippen LogP) is 2.25. The molecule has 1 heterocycles. The highest BCUT2D eigenvalue weighted by Crippen LogP contribution is 2.39. The number of carbonyl (C=O) groups is 1. The van der Waals surface area contributed by atoms with Crippen LogP contribution in [0.15, 0.2) is 6.20 Å². The molecule has 0 saturated heterocycles. The molecule has 1 aliphatic rings. The molecule has 4 heteroatoms. The van der Waals surface area contributed by atoms with Gasteiger partial charge >= 0.3 is 5.97 Å². The molecule has 1 saturated carbocycles. The van der Waals surface area contributed by atoms with Crippen LogP contribution < -0.4 is 0 Å². The van der Waals surface area contributed by atoms with Crippen molar-refractivity contribution < 1.29 is 9.53 Å². The summed E-state index contributed by atoms with van der Waals surface area (Å²) < 4.78 is 7.20. The summed E-state index contributed by atoms with van der Waals surface area (Å²) in [6.07, 6.45) is 4.11. The second kappa shape index (κ2) is 3.61. The van der Waals surface area contributed by atoms with Gasteiger partial charge in [-0.05, 0) is 33.6 Å². The maximum absolute atomic E-state index is 11.8. The molecular weight excluding hydrogens is 204 g/mol. The highest BCUT2D eigenvalue weighted by molar-refractivity contribution is 5.87. The van der Waals surface area contributed by atoms with Crippen molar-refractivity contribution in [3.63, 3.8) is 0 Å². The highest BCUT2D eigenvalue weighted by atomic mass is 16.6. The molecule has 0 N–H and O–H groups in total. The summed E-state index contributed by atoms with van der Waals surface area (Å²) >= 11 is 0. The average Bonchev–Trinajstić information content (AvgIpc) is 2.87. The molecule has 0 aliphatic heterocycles. The van der Waals surface area contributed by atoms with Crippen LogP contribution in [0.25, 0.3) is 0 Å². The first-order valence-corrected chi connectivity index (χ1v) is 5.63. The van der Waals surface area contributed by atoms with E-state index in [-0.39, 0.29) is 5.97 Å². The fourth-order valence-electron chi connectivity index (χ4n) is 1.63. The van der Waals surface area contributed by atoms with E-state index in [2.05, 4.69) is 4.98 Å². The zero-order chi connectivity index (χ0) is 11.9. The van der Waals surface area contributed by atoms with Gasteiger partial charge < -0.3 is 9.30 Å². The lowest BCUT2D eigenvalue weighted by atomic mass is 10.2. The van der Waals surface area contributed by atoms with Crippen LogP contribution in [-0.4, -0.2) is 21.1 Å². The van der Waals surface area contributed by atoms with Gasteiger partial charge in [0.2, 0.25) is 0 Å². The third-order valence-corrected chi connectivity index (χ3v) is 2.46. The van der Waals surface area contributed by atoms with Crippen molar-refractivity contribution in [1.29, 1.82) is 0 Å². The number of imidazole rings is 1. The van der Waals surface area contributed by atoms with Crippen LogP contribution in [0, 0.1) is 0 Å². The lowest BCUT2D eigenvalue weighted by Gasteiger charge is -2.18.